The van der Waals surface area contributed by atoms with Gasteiger partial charge >= 0.3 is 5.97 Å². The summed E-state index contributed by atoms with van der Waals surface area (Å²) in [6.45, 7) is -0.465. The molecular formula is C10H10N4O6. The quantitative estimate of drug-likeness (QED) is 0.231. The molecule has 2 atom stereocenters. The van der Waals surface area contributed by atoms with E-state index in [0.29, 0.717) is 0 Å². The first kappa shape index (κ1) is 15.4. The molecule has 106 valence electrons. The fourth-order valence-electron chi connectivity index (χ4n) is 1.53. The first-order valence-corrected chi connectivity index (χ1v) is 5.27. The Morgan fingerprint density at radius 1 is 1.50 bits per heavy atom. The van der Waals surface area contributed by atoms with E-state index < -0.39 is 40.9 Å². The van der Waals surface area contributed by atoms with Crippen molar-refractivity contribution in [2.24, 2.45) is 5.11 Å². The van der Waals surface area contributed by atoms with E-state index in [1.54, 1.807) is 0 Å². The number of rotatable bonds is 6. The Hall–Kier alpha value is -2.68. The van der Waals surface area contributed by atoms with Crippen molar-refractivity contribution in [3.63, 3.8) is 0 Å². The van der Waals surface area contributed by atoms with Crippen LogP contribution in [-0.4, -0.2) is 38.9 Å². The second-order valence-corrected chi connectivity index (χ2v) is 3.76. The van der Waals surface area contributed by atoms with Gasteiger partial charge in [-0.3, -0.25) is 10.1 Å². The summed E-state index contributed by atoms with van der Waals surface area (Å²) in [5.41, 5.74) is 6.94. The highest BCUT2D eigenvalue weighted by Crippen LogP contribution is 2.25. The van der Waals surface area contributed by atoms with Gasteiger partial charge in [-0.2, -0.15) is 0 Å². The largest absolute Gasteiger partial charge is 0.478 e. The van der Waals surface area contributed by atoms with E-state index in [4.69, 9.17) is 10.6 Å². The number of nitro benzene ring substituents is 1. The molecule has 0 spiro atoms. The maximum Gasteiger partial charge on any atom is 0.336 e. The van der Waals surface area contributed by atoms with Gasteiger partial charge < -0.3 is 15.3 Å². The molecule has 1 aromatic carbocycles. The molecular weight excluding hydrogens is 272 g/mol. The zero-order chi connectivity index (χ0) is 15.3. The van der Waals surface area contributed by atoms with E-state index in [0.717, 1.165) is 18.2 Å². The van der Waals surface area contributed by atoms with Crippen molar-refractivity contribution in [3.05, 3.63) is 49.9 Å². The van der Waals surface area contributed by atoms with Crippen LogP contribution in [0.3, 0.4) is 0 Å². The zero-order valence-electron chi connectivity index (χ0n) is 9.95. The number of nitro groups is 1. The van der Waals surface area contributed by atoms with Crippen molar-refractivity contribution in [2.45, 2.75) is 12.2 Å². The maximum absolute atomic E-state index is 11.0. The molecule has 0 saturated heterocycles. The number of aliphatic hydroxyl groups excluding tert-OH is 2. The molecule has 20 heavy (non-hydrogen) atoms. The van der Waals surface area contributed by atoms with Gasteiger partial charge in [0.15, 0.2) is 0 Å². The van der Waals surface area contributed by atoms with E-state index in [1.165, 1.54) is 0 Å². The third kappa shape index (κ3) is 3.42. The van der Waals surface area contributed by atoms with Crippen LogP contribution < -0.4 is 0 Å². The Morgan fingerprint density at radius 2 is 2.15 bits per heavy atom. The predicted molar refractivity (Wildman–Crippen MR) is 65.0 cm³/mol. The normalized spacial score (nSPS) is 13.1. The van der Waals surface area contributed by atoms with E-state index in [9.17, 15) is 25.1 Å². The second-order valence-electron chi connectivity index (χ2n) is 3.76. The molecule has 0 aliphatic rings. The second kappa shape index (κ2) is 6.48. The van der Waals surface area contributed by atoms with Crippen molar-refractivity contribution >= 4 is 11.7 Å². The summed E-state index contributed by atoms with van der Waals surface area (Å²) in [4.78, 5) is 23.2. The van der Waals surface area contributed by atoms with Crippen molar-refractivity contribution in [3.8, 4) is 0 Å². The Kier molecular flexibility index (Phi) is 4.98. The van der Waals surface area contributed by atoms with Crippen LogP contribution in [0.15, 0.2) is 23.3 Å². The van der Waals surface area contributed by atoms with Gasteiger partial charge in [0.2, 0.25) is 0 Å². The molecule has 0 radical (unpaired) electrons. The summed E-state index contributed by atoms with van der Waals surface area (Å²) in [5, 5.41) is 42.0. The lowest BCUT2D eigenvalue weighted by molar-refractivity contribution is -0.384. The van der Waals surface area contributed by atoms with Gasteiger partial charge in [-0.05, 0) is 17.2 Å². The predicted octanol–water partition coefficient (Wildman–Crippen LogP) is 0.998. The number of aliphatic hydroxyl groups is 2. The lowest BCUT2D eigenvalue weighted by Gasteiger charge is -2.17. The number of benzene rings is 1. The van der Waals surface area contributed by atoms with Crippen molar-refractivity contribution in [1.82, 2.24) is 0 Å². The number of nitrogens with zero attached hydrogens (tertiary/aromatic N) is 4. The van der Waals surface area contributed by atoms with Crippen LogP contribution in [0.1, 0.15) is 22.0 Å². The lowest BCUT2D eigenvalue weighted by atomic mass is 9.98. The van der Waals surface area contributed by atoms with E-state index in [2.05, 4.69) is 10.0 Å². The molecule has 0 aliphatic heterocycles. The number of carboxylic acid groups (broad SMARTS) is 1. The molecule has 0 bridgehead atoms. The Bertz CT molecular complexity index is 583. The fourth-order valence-corrected chi connectivity index (χ4v) is 1.53. The molecule has 0 amide bonds. The average molecular weight is 282 g/mol. The summed E-state index contributed by atoms with van der Waals surface area (Å²) in [7, 11) is 0. The van der Waals surface area contributed by atoms with Crippen LogP contribution in [-0.2, 0) is 0 Å². The van der Waals surface area contributed by atoms with Crippen LogP contribution in [0.5, 0.6) is 0 Å². The third-order valence-corrected chi connectivity index (χ3v) is 2.49. The van der Waals surface area contributed by atoms with Crippen molar-refractivity contribution < 1.29 is 25.0 Å². The topological polar surface area (TPSA) is 170 Å². The third-order valence-electron chi connectivity index (χ3n) is 2.49. The number of carboxylic acids is 1. The van der Waals surface area contributed by atoms with Crippen LogP contribution in [0, 0.1) is 10.1 Å². The number of hydrogen-bond donors (Lipinski definition) is 3. The first-order valence-electron chi connectivity index (χ1n) is 5.27. The van der Waals surface area contributed by atoms with Crippen LogP contribution in [0.4, 0.5) is 5.69 Å². The summed E-state index contributed by atoms with van der Waals surface area (Å²) in [6.07, 6.45) is -3.17. The van der Waals surface area contributed by atoms with Gasteiger partial charge in [-0.25, -0.2) is 4.79 Å². The number of hydrogen-bond acceptors (Lipinski definition) is 6. The molecule has 3 N–H and O–H groups in total. The molecule has 0 aromatic heterocycles. The molecule has 2 unspecified atom stereocenters. The number of carbonyl (C=O) groups is 1. The molecule has 0 fully saturated rings. The molecule has 10 nitrogen and oxygen atoms in total. The zero-order valence-corrected chi connectivity index (χ0v) is 9.95. The van der Waals surface area contributed by atoms with Crippen molar-refractivity contribution in [1.29, 1.82) is 0 Å². The molecule has 10 heteroatoms. The molecule has 1 rings (SSSR count). The van der Waals surface area contributed by atoms with E-state index in [-0.39, 0.29) is 5.56 Å². The van der Waals surface area contributed by atoms with Gasteiger partial charge in [-0.15, -0.1) is 0 Å². The smallest absolute Gasteiger partial charge is 0.336 e. The molecule has 1 aromatic rings. The highest BCUT2D eigenvalue weighted by Gasteiger charge is 2.25. The SMILES string of the molecule is [N-]=[N+]=NCC(O)C(O)c1ccc([N+](=O)[O-])cc1C(=O)O. The fraction of sp³-hybridized carbons (Fsp3) is 0.300. The van der Waals surface area contributed by atoms with Gasteiger partial charge in [-0.1, -0.05) is 5.11 Å². The lowest BCUT2D eigenvalue weighted by Crippen LogP contribution is -2.23. The van der Waals surface area contributed by atoms with Crippen LogP contribution in [0.2, 0.25) is 0 Å². The number of azide groups is 1. The minimum atomic E-state index is -1.65. The van der Waals surface area contributed by atoms with Crippen LogP contribution in [0.25, 0.3) is 10.4 Å². The van der Waals surface area contributed by atoms with Crippen molar-refractivity contribution in [2.75, 3.05) is 6.54 Å². The van der Waals surface area contributed by atoms with Gasteiger partial charge in [0.25, 0.3) is 5.69 Å². The van der Waals surface area contributed by atoms with Crippen LogP contribution >= 0.6 is 0 Å². The summed E-state index contributed by atoms with van der Waals surface area (Å²) in [5.74, 6) is -1.49. The standard InChI is InChI=1S/C10H10N4O6/c11-13-12-4-8(15)9(16)6-2-1-5(14(19)20)3-7(6)10(17)18/h1-3,8-9,15-16H,4H2,(H,17,18). The first-order chi connectivity index (χ1) is 9.38. The minimum Gasteiger partial charge on any atom is -0.478 e. The van der Waals surface area contributed by atoms with Gasteiger partial charge in [0, 0.05) is 17.0 Å². The highest BCUT2D eigenvalue weighted by atomic mass is 16.6. The highest BCUT2D eigenvalue weighted by molar-refractivity contribution is 5.90. The van der Waals surface area contributed by atoms with E-state index >= 15 is 0 Å². The maximum atomic E-state index is 11.0. The summed E-state index contributed by atoms with van der Waals surface area (Å²) < 4.78 is 0. The average Bonchev–Trinajstić information content (AvgIpc) is 2.42. The minimum absolute atomic E-state index is 0.205. The van der Waals surface area contributed by atoms with Gasteiger partial charge in [0.1, 0.15) is 6.10 Å². The molecule has 0 aliphatic carbocycles. The monoisotopic (exact) mass is 282 g/mol. The number of aromatic carboxylic acids is 1. The summed E-state index contributed by atoms with van der Waals surface area (Å²) in [6, 6.07) is 2.82. The number of non-ortho nitro benzene ring substituents is 1. The van der Waals surface area contributed by atoms with E-state index in [1.807, 2.05) is 0 Å². The molecule has 0 saturated carbocycles. The Labute approximate surface area is 111 Å². The summed E-state index contributed by atoms with van der Waals surface area (Å²) >= 11 is 0. The van der Waals surface area contributed by atoms with Gasteiger partial charge in [0.05, 0.1) is 23.1 Å². The Morgan fingerprint density at radius 3 is 2.65 bits per heavy atom. The molecule has 0 heterocycles. The Balaban J connectivity index is 3.19.